The number of esters is 1. The fourth-order valence-electron chi connectivity index (χ4n) is 2.63. The van der Waals surface area contributed by atoms with Crippen molar-refractivity contribution in [2.75, 3.05) is 30.9 Å². The lowest BCUT2D eigenvalue weighted by molar-refractivity contribution is -0.119. The molecule has 1 heterocycles. The lowest BCUT2D eigenvalue weighted by atomic mass is 10.1. The topological polar surface area (TPSA) is 71.5 Å². The minimum absolute atomic E-state index is 0.202. The summed E-state index contributed by atoms with van der Waals surface area (Å²) in [5.41, 5.74) is 4.06. The highest BCUT2D eigenvalue weighted by atomic mass is 32.1. The van der Waals surface area contributed by atoms with Gasteiger partial charge in [-0.05, 0) is 36.2 Å². The molecule has 0 spiro atoms. The first-order valence-corrected chi connectivity index (χ1v) is 10.1. The van der Waals surface area contributed by atoms with Gasteiger partial charge in [-0.15, -0.1) is 11.3 Å². The molecule has 0 aliphatic carbocycles. The van der Waals surface area contributed by atoms with Gasteiger partial charge >= 0.3 is 5.97 Å². The van der Waals surface area contributed by atoms with Crippen LogP contribution in [0.25, 0.3) is 10.6 Å². The second-order valence-corrected chi connectivity index (χ2v) is 7.51. The van der Waals surface area contributed by atoms with Crippen molar-refractivity contribution >= 4 is 34.6 Å². The summed E-state index contributed by atoms with van der Waals surface area (Å²) < 4.78 is 5.09. The Morgan fingerprint density at radius 2 is 1.76 bits per heavy atom. The Morgan fingerprint density at radius 1 is 1.07 bits per heavy atom. The highest BCUT2D eigenvalue weighted by Gasteiger charge is 2.15. The van der Waals surface area contributed by atoms with Gasteiger partial charge in [0, 0.05) is 36.4 Å². The Kier molecular flexibility index (Phi) is 6.61. The fraction of sp³-hybridized carbons (Fsp3) is 0.227. The third-order valence-corrected chi connectivity index (χ3v) is 5.22. The summed E-state index contributed by atoms with van der Waals surface area (Å²) in [4.78, 5) is 30.5. The van der Waals surface area contributed by atoms with Crippen LogP contribution in [0.2, 0.25) is 0 Å². The van der Waals surface area contributed by atoms with Crippen LogP contribution in [0, 0.1) is 0 Å². The molecule has 0 aliphatic rings. The Labute approximate surface area is 174 Å². The van der Waals surface area contributed by atoms with Crippen LogP contribution in [0.1, 0.15) is 23.0 Å². The molecular formula is C22H23N3O3S. The maximum atomic E-state index is 12.2. The zero-order valence-corrected chi connectivity index (χ0v) is 17.5. The highest BCUT2D eigenvalue weighted by Crippen LogP contribution is 2.24. The Balaban J connectivity index is 1.53. The van der Waals surface area contributed by atoms with E-state index in [9.17, 15) is 9.59 Å². The molecule has 1 aromatic heterocycles. The van der Waals surface area contributed by atoms with E-state index in [1.807, 2.05) is 55.4 Å². The molecule has 7 heteroatoms. The molecule has 3 rings (SSSR count). The van der Waals surface area contributed by atoms with E-state index in [4.69, 9.17) is 4.74 Å². The lowest BCUT2D eigenvalue weighted by Crippen LogP contribution is -2.21. The van der Waals surface area contributed by atoms with Gasteiger partial charge in [0.15, 0.2) is 12.3 Å². The summed E-state index contributed by atoms with van der Waals surface area (Å²) >= 11 is 1.37. The predicted molar refractivity (Wildman–Crippen MR) is 117 cm³/mol. The minimum Gasteiger partial charge on any atom is -0.451 e. The van der Waals surface area contributed by atoms with Crippen LogP contribution >= 0.6 is 11.3 Å². The second-order valence-electron chi connectivity index (χ2n) is 6.65. The second kappa shape index (κ2) is 9.34. The number of aromatic nitrogens is 1. The standard InChI is InChI=1S/C22H23N3O3S/c1-4-15-5-7-16(8-6-15)21-24-19(14-29-21)22(27)28-13-20(26)23-17-9-11-18(12-10-17)25(2)3/h5-12,14H,4,13H2,1-3H3,(H,23,26). The predicted octanol–water partition coefficient (Wildman–Crippen LogP) is 4.23. The summed E-state index contributed by atoms with van der Waals surface area (Å²) in [7, 11) is 3.88. The Morgan fingerprint density at radius 3 is 2.38 bits per heavy atom. The van der Waals surface area contributed by atoms with Crippen LogP contribution in [0.5, 0.6) is 0 Å². The summed E-state index contributed by atoms with van der Waals surface area (Å²) in [6.45, 7) is 1.73. The third-order valence-electron chi connectivity index (χ3n) is 4.32. The monoisotopic (exact) mass is 409 g/mol. The number of nitrogens with one attached hydrogen (secondary N) is 1. The van der Waals surface area contributed by atoms with Crippen LogP contribution in [0.15, 0.2) is 53.9 Å². The zero-order valence-electron chi connectivity index (χ0n) is 16.6. The van der Waals surface area contributed by atoms with Crippen molar-refractivity contribution in [3.63, 3.8) is 0 Å². The first kappa shape index (κ1) is 20.5. The first-order chi connectivity index (χ1) is 14.0. The molecule has 0 saturated carbocycles. The SMILES string of the molecule is CCc1ccc(-c2nc(C(=O)OCC(=O)Nc3ccc(N(C)C)cc3)cs2)cc1. The van der Waals surface area contributed by atoms with E-state index in [1.54, 1.807) is 17.5 Å². The number of benzene rings is 2. The van der Waals surface area contributed by atoms with Crippen LogP contribution in [0.3, 0.4) is 0 Å². The first-order valence-electron chi connectivity index (χ1n) is 9.25. The molecule has 0 bridgehead atoms. The van der Waals surface area contributed by atoms with E-state index in [0.717, 1.165) is 22.7 Å². The molecule has 0 radical (unpaired) electrons. The van der Waals surface area contributed by atoms with Gasteiger partial charge < -0.3 is 15.0 Å². The molecule has 0 unspecified atom stereocenters. The van der Waals surface area contributed by atoms with Gasteiger partial charge in [0.1, 0.15) is 5.01 Å². The van der Waals surface area contributed by atoms with Crippen molar-refractivity contribution < 1.29 is 14.3 Å². The Hall–Kier alpha value is -3.19. The van der Waals surface area contributed by atoms with Gasteiger partial charge in [-0.25, -0.2) is 9.78 Å². The number of aryl methyl sites for hydroxylation is 1. The van der Waals surface area contributed by atoms with Gasteiger partial charge in [0.05, 0.1) is 0 Å². The van der Waals surface area contributed by atoms with Crippen molar-refractivity contribution in [3.8, 4) is 10.6 Å². The number of ether oxygens (including phenoxy) is 1. The van der Waals surface area contributed by atoms with E-state index in [-0.39, 0.29) is 12.3 Å². The number of carbonyl (C=O) groups is 2. The molecule has 29 heavy (non-hydrogen) atoms. The molecule has 6 nitrogen and oxygen atoms in total. The normalized spacial score (nSPS) is 10.4. The van der Waals surface area contributed by atoms with E-state index in [2.05, 4.69) is 17.2 Å². The molecule has 3 aromatic rings. The molecular weight excluding hydrogens is 386 g/mol. The molecule has 2 aromatic carbocycles. The summed E-state index contributed by atoms with van der Waals surface area (Å²) in [5, 5.41) is 5.09. The number of carbonyl (C=O) groups excluding carboxylic acids is 2. The van der Waals surface area contributed by atoms with Crippen LogP contribution in [0.4, 0.5) is 11.4 Å². The fourth-order valence-corrected chi connectivity index (χ4v) is 3.42. The number of amides is 1. The number of rotatable bonds is 7. The maximum absolute atomic E-state index is 12.2. The molecule has 0 saturated heterocycles. The quantitative estimate of drug-likeness (QED) is 0.591. The van der Waals surface area contributed by atoms with E-state index >= 15 is 0 Å². The summed E-state index contributed by atoms with van der Waals surface area (Å²) in [6.07, 6.45) is 0.970. The summed E-state index contributed by atoms with van der Waals surface area (Å²) in [5.74, 6) is -1.02. The lowest BCUT2D eigenvalue weighted by Gasteiger charge is -2.13. The third kappa shape index (κ3) is 5.42. The average Bonchev–Trinajstić information content (AvgIpc) is 3.23. The van der Waals surface area contributed by atoms with E-state index < -0.39 is 11.9 Å². The number of hydrogen-bond donors (Lipinski definition) is 1. The van der Waals surface area contributed by atoms with E-state index in [0.29, 0.717) is 5.69 Å². The van der Waals surface area contributed by atoms with Crippen molar-refractivity contribution in [1.82, 2.24) is 4.98 Å². The van der Waals surface area contributed by atoms with Crippen molar-refractivity contribution in [1.29, 1.82) is 0 Å². The number of thiazole rings is 1. The molecule has 150 valence electrons. The van der Waals surface area contributed by atoms with Crippen molar-refractivity contribution in [3.05, 3.63) is 65.2 Å². The molecule has 1 amide bonds. The van der Waals surface area contributed by atoms with Crippen LogP contribution in [-0.4, -0.2) is 37.6 Å². The maximum Gasteiger partial charge on any atom is 0.358 e. The molecule has 0 atom stereocenters. The molecule has 0 fully saturated rings. The van der Waals surface area contributed by atoms with Gasteiger partial charge in [-0.1, -0.05) is 31.2 Å². The number of nitrogens with zero attached hydrogens (tertiary/aromatic N) is 2. The van der Waals surface area contributed by atoms with Crippen molar-refractivity contribution in [2.45, 2.75) is 13.3 Å². The highest BCUT2D eigenvalue weighted by molar-refractivity contribution is 7.13. The number of hydrogen-bond acceptors (Lipinski definition) is 6. The number of anilines is 2. The smallest absolute Gasteiger partial charge is 0.358 e. The van der Waals surface area contributed by atoms with Gasteiger partial charge in [-0.2, -0.15) is 0 Å². The molecule has 0 aliphatic heterocycles. The average molecular weight is 410 g/mol. The molecule has 1 N–H and O–H groups in total. The minimum atomic E-state index is -0.615. The van der Waals surface area contributed by atoms with E-state index in [1.165, 1.54) is 16.9 Å². The van der Waals surface area contributed by atoms with Gasteiger partial charge in [0.2, 0.25) is 0 Å². The van der Waals surface area contributed by atoms with Crippen LogP contribution in [-0.2, 0) is 16.0 Å². The largest absolute Gasteiger partial charge is 0.451 e. The van der Waals surface area contributed by atoms with Gasteiger partial charge in [0.25, 0.3) is 5.91 Å². The van der Waals surface area contributed by atoms with Gasteiger partial charge in [-0.3, -0.25) is 4.79 Å². The Bertz CT molecular complexity index is 979. The van der Waals surface area contributed by atoms with Crippen LogP contribution < -0.4 is 10.2 Å². The zero-order chi connectivity index (χ0) is 20.8. The van der Waals surface area contributed by atoms with Crippen molar-refractivity contribution in [2.24, 2.45) is 0 Å². The summed E-state index contributed by atoms with van der Waals surface area (Å²) in [6, 6.07) is 15.5.